The van der Waals surface area contributed by atoms with Crippen molar-refractivity contribution in [1.29, 1.82) is 0 Å². The van der Waals surface area contributed by atoms with E-state index < -0.39 is 18.2 Å². The second kappa shape index (κ2) is 5.38. The van der Waals surface area contributed by atoms with Crippen molar-refractivity contribution < 1.29 is 19.7 Å². The van der Waals surface area contributed by atoms with Crippen LogP contribution >= 0.6 is 0 Å². The van der Waals surface area contributed by atoms with Gasteiger partial charge < -0.3 is 20.7 Å². The van der Waals surface area contributed by atoms with Crippen molar-refractivity contribution in [3.05, 3.63) is 17.8 Å². The third kappa shape index (κ3) is 3.14. The first-order valence-electron chi connectivity index (χ1n) is 4.56. The predicted molar refractivity (Wildman–Crippen MR) is 54.0 cm³/mol. The van der Waals surface area contributed by atoms with Crippen molar-refractivity contribution in [3.8, 4) is 0 Å². The maximum Gasteiger partial charge on any atom is 0.308 e. The molecule has 16 heavy (non-hydrogen) atoms. The number of carbonyl (C=O) groups excluding carboxylic acids is 1. The Hall–Kier alpha value is -1.73. The Labute approximate surface area is 91.9 Å². The van der Waals surface area contributed by atoms with Crippen molar-refractivity contribution in [2.75, 3.05) is 12.8 Å². The Morgan fingerprint density at radius 2 is 2.19 bits per heavy atom. The minimum Gasteiger partial charge on any atom is -0.469 e. The molecule has 0 radical (unpaired) electrons. The van der Waals surface area contributed by atoms with E-state index in [1.54, 1.807) is 0 Å². The molecule has 2 unspecified atom stereocenters. The highest BCUT2D eigenvalue weighted by atomic mass is 16.5. The number of nitrogen functional groups attached to an aromatic ring is 1. The van der Waals surface area contributed by atoms with Crippen molar-refractivity contribution in [3.63, 3.8) is 0 Å². The number of aliphatic hydroxyl groups is 2. The van der Waals surface area contributed by atoms with Gasteiger partial charge in [0.05, 0.1) is 25.3 Å². The zero-order valence-corrected chi connectivity index (χ0v) is 8.70. The topological polar surface area (TPSA) is 119 Å². The number of hydrogen-bond donors (Lipinski definition) is 3. The number of nitrogens with two attached hydrogens (primary N) is 1. The van der Waals surface area contributed by atoms with Crippen LogP contribution in [0.15, 0.2) is 12.1 Å². The molecule has 0 aliphatic rings. The smallest absolute Gasteiger partial charge is 0.308 e. The van der Waals surface area contributed by atoms with E-state index in [1.807, 2.05) is 0 Å². The number of nitrogens with zero attached hydrogens (tertiary/aromatic N) is 2. The zero-order valence-electron chi connectivity index (χ0n) is 8.70. The largest absolute Gasteiger partial charge is 0.469 e. The van der Waals surface area contributed by atoms with Gasteiger partial charge in [-0.2, -0.15) is 5.10 Å². The first-order valence-corrected chi connectivity index (χ1v) is 4.56. The molecule has 0 spiro atoms. The van der Waals surface area contributed by atoms with Gasteiger partial charge in [-0.3, -0.25) is 4.79 Å². The summed E-state index contributed by atoms with van der Waals surface area (Å²) in [6, 6.07) is 2.86. The molecule has 1 aromatic rings. The molecule has 88 valence electrons. The second-order valence-corrected chi connectivity index (χ2v) is 3.18. The molecule has 1 heterocycles. The predicted octanol–water partition coefficient (Wildman–Crippen LogP) is -0.984. The Morgan fingerprint density at radius 1 is 1.50 bits per heavy atom. The molecule has 7 nitrogen and oxygen atoms in total. The molecule has 0 aliphatic carbocycles. The molecule has 2 atom stereocenters. The van der Waals surface area contributed by atoms with Crippen LogP contribution in [0.1, 0.15) is 18.2 Å². The summed E-state index contributed by atoms with van der Waals surface area (Å²) in [6.45, 7) is 0. The van der Waals surface area contributed by atoms with E-state index in [2.05, 4.69) is 14.9 Å². The normalized spacial score (nSPS) is 14.2. The Kier molecular flexibility index (Phi) is 4.15. The maximum absolute atomic E-state index is 10.9. The van der Waals surface area contributed by atoms with Crippen LogP contribution < -0.4 is 5.73 Å². The van der Waals surface area contributed by atoms with E-state index in [1.165, 1.54) is 19.2 Å². The Balaban J connectivity index is 2.66. The van der Waals surface area contributed by atoms with Gasteiger partial charge >= 0.3 is 5.97 Å². The molecular weight excluding hydrogens is 214 g/mol. The quantitative estimate of drug-likeness (QED) is 0.565. The van der Waals surface area contributed by atoms with E-state index in [0.29, 0.717) is 0 Å². The summed E-state index contributed by atoms with van der Waals surface area (Å²) in [5.41, 5.74) is 5.46. The molecule has 0 aromatic carbocycles. The number of ether oxygens (including phenoxy) is 1. The van der Waals surface area contributed by atoms with Gasteiger partial charge in [0.25, 0.3) is 0 Å². The van der Waals surface area contributed by atoms with Gasteiger partial charge in [-0.15, -0.1) is 5.10 Å². The molecule has 0 bridgehead atoms. The van der Waals surface area contributed by atoms with Crippen LogP contribution in [0.5, 0.6) is 0 Å². The minimum absolute atomic E-state index is 0.144. The number of rotatable bonds is 4. The van der Waals surface area contributed by atoms with Gasteiger partial charge in [-0.05, 0) is 12.1 Å². The van der Waals surface area contributed by atoms with Crippen LogP contribution in [-0.2, 0) is 9.53 Å². The summed E-state index contributed by atoms with van der Waals surface area (Å²) in [5, 5.41) is 26.2. The zero-order chi connectivity index (χ0) is 12.1. The van der Waals surface area contributed by atoms with Crippen LogP contribution in [0, 0.1) is 0 Å². The van der Waals surface area contributed by atoms with Crippen molar-refractivity contribution in [2.45, 2.75) is 18.6 Å². The van der Waals surface area contributed by atoms with Gasteiger partial charge in [0, 0.05) is 0 Å². The highest BCUT2D eigenvalue weighted by molar-refractivity contribution is 5.69. The van der Waals surface area contributed by atoms with Crippen molar-refractivity contribution in [2.24, 2.45) is 0 Å². The minimum atomic E-state index is -1.30. The van der Waals surface area contributed by atoms with Crippen LogP contribution in [-0.4, -0.2) is 39.6 Å². The molecule has 0 saturated carbocycles. The van der Waals surface area contributed by atoms with E-state index in [0.717, 1.165) is 0 Å². The molecule has 0 aliphatic heterocycles. The second-order valence-electron chi connectivity index (χ2n) is 3.18. The lowest BCUT2D eigenvalue weighted by Crippen LogP contribution is -2.23. The van der Waals surface area contributed by atoms with Gasteiger partial charge in [-0.1, -0.05) is 0 Å². The molecule has 0 amide bonds. The molecular formula is C9H13N3O4. The highest BCUT2D eigenvalue weighted by Crippen LogP contribution is 2.16. The van der Waals surface area contributed by atoms with E-state index in [-0.39, 0.29) is 17.9 Å². The first kappa shape index (κ1) is 12.3. The third-order valence-electron chi connectivity index (χ3n) is 1.98. The molecule has 0 fully saturated rings. The summed E-state index contributed by atoms with van der Waals surface area (Å²) in [6.07, 6.45) is -2.90. The van der Waals surface area contributed by atoms with E-state index in [9.17, 15) is 15.0 Å². The molecule has 0 saturated heterocycles. The van der Waals surface area contributed by atoms with Crippen molar-refractivity contribution >= 4 is 11.8 Å². The Morgan fingerprint density at radius 3 is 2.69 bits per heavy atom. The van der Waals surface area contributed by atoms with Gasteiger partial charge in [-0.25, -0.2) is 0 Å². The summed E-state index contributed by atoms with van der Waals surface area (Å²) in [7, 11) is 1.20. The summed E-state index contributed by atoms with van der Waals surface area (Å²) < 4.78 is 4.36. The van der Waals surface area contributed by atoms with E-state index in [4.69, 9.17) is 5.73 Å². The number of esters is 1. The standard InChI is InChI=1S/C9H13N3O4/c1-16-8(14)4-6(13)9(15)5-2-3-7(10)12-11-5/h2-3,6,9,13,15H,4H2,1H3,(H2,10,12). The number of anilines is 1. The molecule has 7 heteroatoms. The lowest BCUT2D eigenvalue weighted by Gasteiger charge is -2.15. The van der Waals surface area contributed by atoms with Crippen LogP contribution in [0.4, 0.5) is 5.82 Å². The first-order chi connectivity index (χ1) is 7.54. The molecule has 1 rings (SSSR count). The summed E-state index contributed by atoms with van der Waals surface area (Å²) in [5.74, 6) is -0.409. The van der Waals surface area contributed by atoms with Crippen LogP contribution in [0.2, 0.25) is 0 Å². The fourth-order valence-corrected chi connectivity index (χ4v) is 1.07. The lowest BCUT2D eigenvalue weighted by atomic mass is 10.1. The maximum atomic E-state index is 10.9. The number of aromatic nitrogens is 2. The monoisotopic (exact) mass is 227 g/mol. The van der Waals surface area contributed by atoms with Gasteiger partial charge in [0.2, 0.25) is 0 Å². The summed E-state index contributed by atoms with van der Waals surface area (Å²) in [4.78, 5) is 10.9. The number of methoxy groups -OCH3 is 1. The number of aliphatic hydroxyl groups excluding tert-OH is 2. The van der Waals surface area contributed by atoms with Gasteiger partial charge in [0.1, 0.15) is 11.9 Å². The van der Waals surface area contributed by atoms with Crippen LogP contribution in [0.25, 0.3) is 0 Å². The molecule has 4 N–H and O–H groups in total. The number of hydrogen-bond acceptors (Lipinski definition) is 7. The lowest BCUT2D eigenvalue weighted by molar-refractivity contribution is -0.144. The average molecular weight is 227 g/mol. The fourth-order valence-electron chi connectivity index (χ4n) is 1.07. The number of carbonyl (C=O) groups is 1. The third-order valence-corrected chi connectivity index (χ3v) is 1.98. The molecule has 1 aromatic heterocycles. The SMILES string of the molecule is COC(=O)CC(O)C(O)c1ccc(N)nn1. The highest BCUT2D eigenvalue weighted by Gasteiger charge is 2.23. The van der Waals surface area contributed by atoms with Gasteiger partial charge in [0.15, 0.2) is 0 Å². The fraction of sp³-hybridized carbons (Fsp3) is 0.444. The Bertz CT molecular complexity index is 354. The van der Waals surface area contributed by atoms with E-state index >= 15 is 0 Å². The van der Waals surface area contributed by atoms with Crippen molar-refractivity contribution in [1.82, 2.24) is 10.2 Å². The van der Waals surface area contributed by atoms with Crippen LogP contribution in [0.3, 0.4) is 0 Å². The average Bonchev–Trinajstić information content (AvgIpc) is 2.28. The summed E-state index contributed by atoms with van der Waals surface area (Å²) >= 11 is 0.